The standard InChI is InChI=1S/C13H14N2O4/c1-8-6-13(17)19-11-7-9(2-3-10(8)11)18-5-4-12(16)15-14/h2-3,6-7H,4-5,14H2,1H3,(H,15,16). The summed E-state index contributed by atoms with van der Waals surface area (Å²) >= 11 is 0. The van der Waals surface area contributed by atoms with Gasteiger partial charge < -0.3 is 9.15 Å². The minimum atomic E-state index is -0.398. The molecular weight excluding hydrogens is 248 g/mol. The number of carbonyl (C=O) groups excluding carboxylic acids is 1. The highest BCUT2D eigenvalue weighted by Gasteiger charge is 2.05. The van der Waals surface area contributed by atoms with Crippen molar-refractivity contribution < 1.29 is 13.9 Å². The highest BCUT2D eigenvalue weighted by atomic mass is 16.5. The number of nitrogens with two attached hydrogens (primary N) is 1. The molecule has 0 atom stereocenters. The average Bonchev–Trinajstić information content (AvgIpc) is 2.37. The zero-order chi connectivity index (χ0) is 13.8. The summed E-state index contributed by atoms with van der Waals surface area (Å²) in [6.07, 6.45) is 0.159. The van der Waals surface area contributed by atoms with E-state index in [4.69, 9.17) is 15.0 Å². The maximum absolute atomic E-state index is 11.3. The summed E-state index contributed by atoms with van der Waals surface area (Å²) < 4.78 is 10.5. The van der Waals surface area contributed by atoms with Crippen LogP contribution >= 0.6 is 0 Å². The Kier molecular flexibility index (Phi) is 3.82. The van der Waals surface area contributed by atoms with E-state index in [9.17, 15) is 9.59 Å². The molecule has 0 spiro atoms. The third kappa shape index (κ3) is 3.11. The molecule has 6 heteroatoms. The Bertz CT molecular complexity index is 663. The zero-order valence-corrected chi connectivity index (χ0v) is 10.4. The van der Waals surface area contributed by atoms with Crippen LogP contribution in [0, 0.1) is 6.92 Å². The van der Waals surface area contributed by atoms with Crippen molar-refractivity contribution in [2.24, 2.45) is 5.84 Å². The average molecular weight is 262 g/mol. The molecule has 1 heterocycles. The molecule has 3 N–H and O–H groups in total. The fraction of sp³-hybridized carbons (Fsp3) is 0.231. The maximum Gasteiger partial charge on any atom is 0.336 e. The van der Waals surface area contributed by atoms with Gasteiger partial charge in [-0.05, 0) is 24.6 Å². The number of benzene rings is 1. The van der Waals surface area contributed by atoms with Crippen molar-refractivity contribution in [3.63, 3.8) is 0 Å². The van der Waals surface area contributed by atoms with Gasteiger partial charge in [-0.2, -0.15) is 0 Å². The van der Waals surface area contributed by atoms with E-state index in [1.54, 1.807) is 12.1 Å². The van der Waals surface area contributed by atoms with E-state index >= 15 is 0 Å². The molecule has 100 valence electrons. The van der Waals surface area contributed by atoms with Gasteiger partial charge in [0.05, 0.1) is 13.0 Å². The SMILES string of the molecule is Cc1cc(=O)oc2cc(OCCC(=O)NN)ccc12. The summed E-state index contributed by atoms with van der Waals surface area (Å²) in [5.74, 6) is 5.19. The first kappa shape index (κ1) is 13.1. The van der Waals surface area contributed by atoms with E-state index in [-0.39, 0.29) is 18.9 Å². The lowest BCUT2D eigenvalue weighted by molar-refractivity contribution is -0.121. The first-order valence-corrected chi connectivity index (χ1v) is 5.77. The molecule has 0 aliphatic heterocycles. The van der Waals surface area contributed by atoms with E-state index in [0.29, 0.717) is 11.3 Å². The molecule has 2 aromatic rings. The number of amides is 1. The van der Waals surface area contributed by atoms with E-state index < -0.39 is 5.63 Å². The van der Waals surface area contributed by atoms with E-state index in [1.165, 1.54) is 6.07 Å². The van der Waals surface area contributed by atoms with Crippen molar-refractivity contribution in [2.75, 3.05) is 6.61 Å². The Hall–Kier alpha value is -2.34. The van der Waals surface area contributed by atoms with Crippen molar-refractivity contribution >= 4 is 16.9 Å². The lowest BCUT2D eigenvalue weighted by Gasteiger charge is -2.07. The van der Waals surface area contributed by atoms with Crippen LogP contribution in [0.5, 0.6) is 5.75 Å². The number of ether oxygens (including phenoxy) is 1. The summed E-state index contributed by atoms with van der Waals surface area (Å²) in [5.41, 5.74) is 2.93. The van der Waals surface area contributed by atoms with Gasteiger partial charge in [-0.3, -0.25) is 10.2 Å². The van der Waals surface area contributed by atoms with Gasteiger partial charge in [0.1, 0.15) is 11.3 Å². The molecule has 0 fully saturated rings. The highest BCUT2D eigenvalue weighted by Crippen LogP contribution is 2.22. The van der Waals surface area contributed by atoms with E-state index in [2.05, 4.69) is 0 Å². The number of nitrogens with one attached hydrogen (secondary N) is 1. The maximum atomic E-state index is 11.3. The summed E-state index contributed by atoms with van der Waals surface area (Å²) in [4.78, 5) is 22.2. The number of carbonyl (C=O) groups is 1. The van der Waals surface area contributed by atoms with Crippen LogP contribution in [0.25, 0.3) is 11.0 Å². The van der Waals surface area contributed by atoms with Crippen molar-refractivity contribution in [1.29, 1.82) is 0 Å². The highest BCUT2D eigenvalue weighted by molar-refractivity contribution is 5.81. The predicted molar refractivity (Wildman–Crippen MR) is 69.7 cm³/mol. The molecule has 0 radical (unpaired) electrons. The molecule has 0 unspecified atom stereocenters. The van der Waals surface area contributed by atoms with Gasteiger partial charge in [0.25, 0.3) is 0 Å². The van der Waals surface area contributed by atoms with Crippen molar-refractivity contribution in [2.45, 2.75) is 13.3 Å². The van der Waals surface area contributed by atoms with E-state index in [1.807, 2.05) is 18.4 Å². The van der Waals surface area contributed by atoms with Gasteiger partial charge in [0.15, 0.2) is 0 Å². The number of hydrogen-bond acceptors (Lipinski definition) is 5. The minimum Gasteiger partial charge on any atom is -0.493 e. The molecule has 6 nitrogen and oxygen atoms in total. The molecule has 0 aliphatic rings. The number of rotatable bonds is 4. The molecular formula is C13H14N2O4. The second-order valence-corrected chi connectivity index (χ2v) is 4.07. The van der Waals surface area contributed by atoms with Crippen molar-refractivity contribution in [3.05, 3.63) is 40.2 Å². The van der Waals surface area contributed by atoms with Gasteiger partial charge in [-0.15, -0.1) is 0 Å². The largest absolute Gasteiger partial charge is 0.493 e. The summed E-state index contributed by atoms with van der Waals surface area (Å²) in [6.45, 7) is 2.04. The van der Waals surface area contributed by atoms with Crippen LogP contribution in [0.1, 0.15) is 12.0 Å². The zero-order valence-electron chi connectivity index (χ0n) is 10.4. The first-order valence-electron chi connectivity index (χ1n) is 5.77. The topological polar surface area (TPSA) is 94.6 Å². The third-order valence-electron chi connectivity index (χ3n) is 2.68. The molecule has 1 amide bonds. The molecule has 2 rings (SSSR count). The smallest absolute Gasteiger partial charge is 0.336 e. The molecule has 19 heavy (non-hydrogen) atoms. The van der Waals surface area contributed by atoms with E-state index in [0.717, 1.165) is 10.9 Å². The number of aryl methyl sites for hydroxylation is 1. The normalized spacial score (nSPS) is 10.4. The first-order chi connectivity index (χ1) is 9.10. The van der Waals surface area contributed by atoms with Crippen LogP contribution in [0.3, 0.4) is 0 Å². The summed E-state index contributed by atoms with van der Waals surface area (Å²) in [7, 11) is 0. The Morgan fingerprint density at radius 1 is 1.42 bits per heavy atom. The number of hydrogen-bond donors (Lipinski definition) is 2. The molecule has 0 aliphatic carbocycles. The summed E-state index contributed by atoms with van der Waals surface area (Å²) in [6, 6.07) is 6.64. The fourth-order valence-corrected chi connectivity index (χ4v) is 1.73. The van der Waals surface area contributed by atoms with Crippen LogP contribution < -0.4 is 21.6 Å². The Balaban J connectivity index is 2.17. The Morgan fingerprint density at radius 3 is 2.95 bits per heavy atom. The van der Waals surface area contributed by atoms with Crippen LogP contribution in [0.2, 0.25) is 0 Å². The second-order valence-electron chi connectivity index (χ2n) is 4.07. The molecule has 0 bridgehead atoms. The Morgan fingerprint density at radius 2 is 2.21 bits per heavy atom. The lowest BCUT2D eigenvalue weighted by Crippen LogP contribution is -2.31. The monoisotopic (exact) mass is 262 g/mol. The Labute approximate surface area is 109 Å². The van der Waals surface area contributed by atoms with Crippen molar-refractivity contribution in [3.8, 4) is 5.75 Å². The molecule has 0 saturated heterocycles. The third-order valence-corrected chi connectivity index (χ3v) is 2.68. The quantitative estimate of drug-likeness (QED) is 0.369. The van der Waals surface area contributed by atoms with Gasteiger partial charge in [0.2, 0.25) is 5.91 Å². The second kappa shape index (κ2) is 5.53. The fourth-order valence-electron chi connectivity index (χ4n) is 1.73. The van der Waals surface area contributed by atoms with Crippen molar-refractivity contribution in [1.82, 2.24) is 5.43 Å². The van der Waals surface area contributed by atoms with Gasteiger partial charge in [0, 0.05) is 17.5 Å². The predicted octanol–water partition coefficient (Wildman–Crippen LogP) is 0.860. The lowest BCUT2D eigenvalue weighted by atomic mass is 10.1. The number of hydrazine groups is 1. The number of fused-ring (bicyclic) bond motifs is 1. The van der Waals surface area contributed by atoms with Gasteiger partial charge in [-0.1, -0.05) is 0 Å². The summed E-state index contributed by atoms with van der Waals surface area (Å²) in [5, 5.41) is 0.853. The molecule has 1 aromatic carbocycles. The molecule has 1 aromatic heterocycles. The van der Waals surface area contributed by atoms with Crippen LogP contribution in [-0.4, -0.2) is 12.5 Å². The van der Waals surface area contributed by atoms with Crippen LogP contribution in [0.4, 0.5) is 0 Å². The van der Waals surface area contributed by atoms with Gasteiger partial charge in [-0.25, -0.2) is 10.6 Å². The molecule has 0 saturated carbocycles. The van der Waals surface area contributed by atoms with Gasteiger partial charge >= 0.3 is 5.63 Å². The minimum absolute atomic E-state index is 0.159. The van der Waals surface area contributed by atoms with Crippen LogP contribution in [0.15, 0.2) is 33.5 Å². The van der Waals surface area contributed by atoms with Crippen LogP contribution in [-0.2, 0) is 4.79 Å².